The van der Waals surface area contributed by atoms with E-state index in [1.165, 1.54) is 38.7 Å². The number of fused-ring (bicyclic) bond motifs is 4. The number of hydrogen-bond acceptors (Lipinski definition) is 4. The number of para-hydroxylation sites is 4. The van der Waals surface area contributed by atoms with Gasteiger partial charge in [-0.05, 0) is 146 Å². The second-order valence-corrected chi connectivity index (χ2v) is 22.3. The maximum atomic E-state index is 7.18. The van der Waals surface area contributed by atoms with E-state index in [0.717, 1.165) is 68.1 Å². The van der Waals surface area contributed by atoms with Gasteiger partial charge in [-0.1, -0.05) is 178 Å². The zero-order valence-electron chi connectivity index (χ0n) is 42.5. The Morgan fingerprint density at radius 1 is 0.366 bits per heavy atom. The lowest BCUT2D eigenvalue weighted by atomic mass is 9.34. The van der Waals surface area contributed by atoms with Crippen LogP contribution in [0.3, 0.4) is 0 Å². The summed E-state index contributed by atoms with van der Waals surface area (Å²) in [6.45, 7) is 20.9. The molecule has 0 atom stereocenters. The van der Waals surface area contributed by atoms with Crippen molar-refractivity contribution in [3.8, 4) is 22.6 Å². The number of hydrogen-bond donors (Lipinski definition) is 0. The van der Waals surface area contributed by atoms with Crippen LogP contribution < -0.4 is 35.8 Å². The molecule has 0 aromatic heterocycles. The fraction of sp³-hybridized carbons (Fsp3) is 0.182. The van der Waals surface area contributed by atoms with E-state index >= 15 is 0 Å². The first-order chi connectivity index (χ1) is 34.1. The quantitative estimate of drug-likeness (QED) is 0.141. The molecule has 0 N–H and O–H groups in total. The summed E-state index contributed by atoms with van der Waals surface area (Å²) < 4.78 is 7.18. The van der Waals surface area contributed by atoms with Crippen LogP contribution in [0.25, 0.3) is 11.1 Å². The summed E-state index contributed by atoms with van der Waals surface area (Å²) in [5.41, 5.74) is 19.7. The molecule has 2 aliphatic heterocycles. The van der Waals surface area contributed by atoms with Crippen LogP contribution in [-0.2, 0) is 16.2 Å². The minimum atomic E-state index is -0.0982. The lowest BCUT2D eigenvalue weighted by Gasteiger charge is -2.41. The van der Waals surface area contributed by atoms with Gasteiger partial charge in [0.05, 0.1) is 5.69 Å². The molecule has 9 aromatic carbocycles. The molecule has 71 heavy (non-hydrogen) atoms. The molecule has 9 aromatic rings. The lowest BCUT2D eigenvalue weighted by molar-refractivity contribution is 0.487. The Kier molecular flexibility index (Phi) is 11.3. The highest BCUT2D eigenvalue weighted by molar-refractivity contribution is 6.99. The SMILES string of the molecule is CC(C)(C)c1ccc(N2c3cc(N(c4ccccc4)c4ccccc4)ccc3B3c4ccc(N(c5ccccc5)c5ccccc5)cc4Oc4cccc2c43)c(-c2ccc(C(C)(C)C)c(C(C)(C)C)c2)c1. The Hall–Kier alpha value is -7.76. The van der Waals surface area contributed by atoms with Crippen LogP contribution in [0, 0.1) is 0 Å². The minimum Gasteiger partial charge on any atom is -0.458 e. The smallest absolute Gasteiger partial charge is 0.256 e. The molecule has 0 unspecified atom stereocenters. The topological polar surface area (TPSA) is 19.0 Å². The van der Waals surface area contributed by atoms with Crippen molar-refractivity contribution in [2.75, 3.05) is 14.7 Å². The van der Waals surface area contributed by atoms with Crippen LogP contribution in [0.15, 0.2) is 212 Å². The fourth-order valence-electron chi connectivity index (χ4n) is 10.8. The van der Waals surface area contributed by atoms with Crippen LogP contribution in [0.5, 0.6) is 11.5 Å². The van der Waals surface area contributed by atoms with Gasteiger partial charge in [-0.25, -0.2) is 0 Å². The van der Waals surface area contributed by atoms with Gasteiger partial charge in [0.25, 0.3) is 6.71 Å². The van der Waals surface area contributed by atoms with Crippen molar-refractivity contribution >= 4 is 74.3 Å². The van der Waals surface area contributed by atoms with Crippen LogP contribution in [-0.4, -0.2) is 6.71 Å². The Morgan fingerprint density at radius 3 is 1.41 bits per heavy atom. The Morgan fingerprint density at radius 2 is 0.887 bits per heavy atom. The Bertz CT molecular complexity index is 3330. The third-order valence-electron chi connectivity index (χ3n) is 14.3. The van der Waals surface area contributed by atoms with Crippen molar-refractivity contribution in [3.63, 3.8) is 0 Å². The summed E-state index contributed by atoms with van der Waals surface area (Å²) in [5.74, 6) is 1.73. The van der Waals surface area contributed by atoms with Crippen molar-refractivity contribution in [1.29, 1.82) is 0 Å². The first kappa shape index (κ1) is 45.7. The zero-order chi connectivity index (χ0) is 49.2. The first-order valence-electron chi connectivity index (χ1n) is 25.1. The average Bonchev–Trinajstić information content (AvgIpc) is 3.36. The molecule has 0 amide bonds. The molecule has 2 aliphatic rings. The molecule has 2 heterocycles. The first-order valence-corrected chi connectivity index (χ1v) is 25.1. The third-order valence-corrected chi connectivity index (χ3v) is 14.3. The minimum absolute atomic E-state index is 0.0145. The maximum absolute atomic E-state index is 7.18. The molecule has 0 saturated heterocycles. The molecule has 5 heteroatoms. The monoisotopic (exact) mass is 923 g/mol. The standard InChI is InChI=1S/C66H62BN3O/c1-64(2,3)46-34-40-58(53(42-46)45-33-37-54(65(4,5)6)55(41-45)66(7,8)9)70-59-31-22-32-61-63(59)67(56-38-35-51(43-60(56)70)68(47-23-14-10-15-24-47)48-25-16-11-17-26-48)57-39-36-52(44-62(57)71-61)69(49-27-18-12-19-28-49)50-29-20-13-21-30-50/h10-44H,1-9H3. The van der Waals surface area contributed by atoms with Gasteiger partial charge >= 0.3 is 0 Å². The number of ether oxygens (including phenoxy) is 1. The van der Waals surface area contributed by atoms with E-state index in [1.807, 2.05) is 0 Å². The van der Waals surface area contributed by atoms with Gasteiger partial charge in [0, 0.05) is 57.1 Å². The summed E-state index contributed by atoms with van der Waals surface area (Å²) in [7, 11) is 0. The molecule has 0 saturated carbocycles. The summed E-state index contributed by atoms with van der Waals surface area (Å²) in [5, 5.41) is 0. The molecular weight excluding hydrogens is 862 g/mol. The van der Waals surface area contributed by atoms with E-state index in [2.05, 4.69) is 289 Å². The van der Waals surface area contributed by atoms with E-state index in [-0.39, 0.29) is 23.0 Å². The molecule has 4 nitrogen and oxygen atoms in total. The number of rotatable bonds is 8. The van der Waals surface area contributed by atoms with Crippen molar-refractivity contribution in [1.82, 2.24) is 0 Å². The molecular formula is C66H62BN3O. The number of nitrogens with zero attached hydrogens (tertiary/aromatic N) is 3. The van der Waals surface area contributed by atoms with Crippen LogP contribution in [0.1, 0.15) is 79.0 Å². The van der Waals surface area contributed by atoms with Crippen molar-refractivity contribution in [2.45, 2.75) is 78.6 Å². The maximum Gasteiger partial charge on any atom is 0.256 e. The zero-order valence-corrected chi connectivity index (χ0v) is 42.5. The van der Waals surface area contributed by atoms with E-state index < -0.39 is 0 Å². The molecule has 350 valence electrons. The third kappa shape index (κ3) is 8.37. The van der Waals surface area contributed by atoms with Gasteiger partial charge in [-0.3, -0.25) is 0 Å². The highest BCUT2D eigenvalue weighted by Gasteiger charge is 2.43. The van der Waals surface area contributed by atoms with E-state index in [4.69, 9.17) is 4.74 Å². The van der Waals surface area contributed by atoms with Crippen LogP contribution in [0.2, 0.25) is 0 Å². The van der Waals surface area contributed by atoms with Crippen LogP contribution >= 0.6 is 0 Å². The van der Waals surface area contributed by atoms with Crippen molar-refractivity contribution < 1.29 is 4.74 Å². The second-order valence-electron chi connectivity index (χ2n) is 22.3. The Balaban J connectivity index is 1.17. The molecule has 0 fully saturated rings. The predicted octanol–water partition coefficient (Wildman–Crippen LogP) is 16.6. The van der Waals surface area contributed by atoms with Crippen LogP contribution in [0.4, 0.5) is 51.2 Å². The molecule has 11 rings (SSSR count). The van der Waals surface area contributed by atoms with Gasteiger partial charge < -0.3 is 19.4 Å². The predicted molar refractivity (Wildman–Crippen MR) is 303 cm³/mol. The molecule has 0 bridgehead atoms. The summed E-state index contributed by atoms with van der Waals surface area (Å²) in [6, 6.07) is 77.6. The van der Waals surface area contributed by atoms with Gasteiger partial charge in [-0.15, -0.1) is 0 Å². The summed E-state index contributed by atoms with van der Waals surface area (Å²) >= 11 is 0. The largest absolute Gasteiger partial charge is 0.458 e. The fourth-order valence-corrected chi connectivity index (χ4v) is 10.8. The molecule has 0 aliphatic carbocycles. The number of benzene rings is 9. The highest BCUT2D eigenvalue weighted by atomic mass is 16.5. The van der Waals surface area contributed by atoms with E-state index in [1.54, 1.807) is 0 Å². The van der Waals surface area contributed by atoms with Crippen molar-refractivity contribution in [3.05, 3.63) is 229 Å². The highest BCUT2D eigenvalue weighted by Crippen LogP contribution is 2.49. The normalized spacial score (nSPS) is 12.9. The number of anilines is 9. The van der Waals surface area contributed by atoms with E-state index in [9.17, 15) is 0 Å². The summed E-state index contributed by atoms with van der Waals surface area (Å²) in [6.07, 6.45) is 0. The molecule has 0 radical (unpaired) electrons. The van der Waals surface area contributed by atoms with E-state index in [0.29, 0.717) is 0 Å². The van der Waals surface area contributed by atoms with Gasteiger partial charge in [-0.2, -0.15) is 0 Å². The average molecular weight is 924 g/mol. The Labute approximate surface area is 421 Å². The van der Waals surface area contributed by atoms with Gasteiger partial charge in [0.1, 0.15) is 11.5 Å². The van der Waals surface area contributed by atoms with Gasteiger partial charge in [0.15, 0.2) is 0 Å². The lowest BCUT2D eigenvalue weighted by Crippen LogP contribution is -2.59. The summed E-state index contributed by atoms with van der Waals surface area (Å²) in [4.78, 5) is 7.22. The van der Waals surface area contributed by atoms with Gasteiger partial charge in [0.2, 0.25) is 0 Å². The molecule has 0 spiro atoms. The second kappa shape index (κ2) is 17.6. The van der Waals surface area contributed by atoms with Crippen molar-refractivity contribution in [2.24, 2.45) is 0 Å².